The first-order chi connectivity index (χ1) is 25.3. The van der Waals surface area contributed by atoms with Crippen LogP contribution in [0.2, 0.25) is 5.02 Å². The van der Waals surface area contributed by atoms with Crippen LogP contribution in [0.1, 0.15) is 72.8 Å². The monoisotopic (exact) mass is 775 g/mol. The molecule has 2 saturated heterocycles. The average Bonchev–Trinajstić information content (AvgIpc) is 3.82. The Balaban J connectivity index is 1.72. The Hall–Kier alpha value is -3.49. The molecule has 2 fully saturated rings. The van der Waals surface area contributed by atoms with Crippen molar-refractivity contribution in [2.45, 2.75) is 121 Å². The SMILES string of the molecule is COc1cc2cc(c1Cl)N(C)C(=O)C[C@@H](OC(=O)[C@H](C)N(C)C(=O)CCN(C)C(C)C)[C@]1(C)O[C@H]1[C@H](C)[C@@H]1C[C@@](O)(CC(=O)O1)[C@H](OC)/C=C/C=C(\C)C2. The molecule has 3 heterocycles. The molecule has 3 aliphatic rings. The zero-order valence-corrected chi connectivity index (χ0v) is 34.3. The van der Waals surface area contributed by atoms with Crippen molar-refractivity contribution in [2.75, 3.05) is 46.8 Å². The molecule has 1 aromatic carbocycles. The lowest BCUT2D eigenvalue weighted by Gasteiger charge is -2.41. The molecule has 300 valence electrons. The van der Waals surface area contributed by atoms with Crippen LogP contribution in [0.5, 0.6) is 5.75 Å². The molecule has 54 heavy (non-hydrogen) atoms. The third-order valence-electron chi connectivity index (χ3n) is 11.3. The summed E-state index contributed by atoms with van der Waals surface area (Å²) in [6.45, 7) is 11.7. The number of methoxy groups -OCH3 is 2. The smallest absolute Gasteiger partial charge is 0.328 e. The number of carbonyl (C=O) groups excluding carboxylic acids is 4. The Morgan fingerprint density at radius 2 is 1.85 bits per heavy atom. The molecule has 14 heteroatoms. The van der Waals surface area contributed by atoms with E-state index in [0.29, 0.717) is 24.4 Å². The predicted octanol–water partition coefficient (Wildman–Crippen LogP) is 4.49. The quantitative estimate of drug-likeness (QED) is 0.280. The van der Waals surface area contributed by atoms with Crippen molar-refractivity contribution >= 4 is 41.0 Å². The van der Waals surface area contributed by atoms with Crippen molar-refractivity contribution in [1.82, 2.24) is 9.80 Å². The number of carbonyl (C=O) groups is 4. The van der Waals surface area contributed by atoms with E-state index in [0.717, 1.165) is 11.1 Å². The number of allylic oxidation sites excluding steroid dienone is 3. The maximum absolute atomic E-state index is 14.2. The second-order valence-electron chi connectivity index (χ2n) is 15.5. The highest BCUT2D eigenvalue weighted by Gasteiger charge is 2.64. The van der Waals surface area contributed by atoms with Crippen LogP contribution in [-0.2, 0) is 44.5 Å². The summed E-state index contributed by atoms with van der Waals surface area (Å²) in [6.07, 6.45) is 2.23. The number of anilines is 1. The van der Waals surface area contributed by atoms with E-state index in [1.165, 1.54) is 24.0 Å². The molecule has 3 aliphatic heterocycles. The molecular weight excluding hydrogens is 718 g/mol. The number of rotatable bonds is 9. The van der Waals surface area contributed by atoms with Gasteiger partial charge in [0, 0.05) is 52.6 Å². The molecule has 0 aromatic heterocycles. The fraction of sp³-hybridized carbons (Fsp3) is 0.650. The van der Waals surface area contributed by atoms with Crippen LogP contribution in [-0.4, -0.2) is 128 Å². The van der Waals surface area contributed by atoms with Gasteiger partial charge in [0.1, 0.15) is 46.3 Å². The minimum Gasteiger partial charge on any atom is -0.495 e. The van der Waals surface area contributed by atoms with Gasteiger partial charge in [0.2, 0.25) is 11.8 Å². The maximum Gasteiger partial charge on any atom is 0.328 e. The van der Waals surface area contributed by atoms with Crippen molar-refractivity contribution in [1.29, 1.82) is 0 Å². The van der Waals surface area contributed by atoms with E-state index >= 15 is 0 Å². The van der Waals surface area contributed by atoms with Crippen LogP contribution in [0.4, 0.5) is 5.69 Å². The Morgan fingerprint density at radius 3 is 2.48 bits per heavy atom. The van der Waals surface area contributed by atoms with Gasteiger partial charge in [-0.25, -0.2) is 4.79 Å². The number of ether oxygens (including phenoxy) is 5. The highest BCUT2D eigenvalue weighted by atomic mass is 35.5. The molecule has 1 aromatic rings. The molecular formula is C40H58ClN3O10. The third kappa shape index (κ3) is 9.65. The van der Waals surface area contributed by atoms with Gasteiger partial charge in [0.05, 0.1) is 31.7 Å². The van der Waals surface area contributed by atoms with Gasteiger partial charge in [0.25, 0.3) is 0 Å². The van der Waals surface area contributed by atoms with Crippen molar-refractivity contribution in [2.24, 2.45) is 5.92 Å². The summed E-state index contributed by atoms with van der Waals surface area (Å²) in [5, 5.41) is 12.1. The van der Waals surface area contributed by atoms with E-state index in [-0.39, 0.29) is 42.7 Å². The first-order valence-electron chi connectivity index (χ1n) is 18.5. The predicted molar refractivity (Wildman–Crippen MR) is 204 cm³/mol. The number of nitrogens with zero attached hydrogens (tertiary/aromatic N) is 3. The second kappa shape index (κ2) is 17.5. The number of fused-ring (bicyclic) bond motifs is 5. The van der Waals surface area contributed by atoms with Gasteiger partial charge in [-0.1, -0.05) is 42.3 Å². The zero-order chi connectivity index (χ0) is 40.3. The number of aliphatic hydroxyl groups is 1. The Kier molecular flexibility index (Phi) is 14.0. The summed E-state index contributed by atoms with van der Waals surface area (Å²) < 4.78 is 29.5. The largest absolute Gasteiger partial charge is 0.495 e. The van der Waals surface area contributed by atoms with E-state index in [1.54, 1.807) is 46.2 Å². The number of halogens is 1. The van der Waals surface area contributed by atoms with Gasteiger partial charge in [-0.3, -0.25) is 14.4 Å². The van der Waals surface area contributed by atoms with Crippen molar-refractivity contribution in [3.8, 4) is 5.75 Å². The van der Waals surface area contributed by atoms with Gasteiger partial charge in [-0.2, -0.15) is 0 Å². The van der Waals surface area contributed by atoms with E-state index in [4.69, 9.17) is 35.3 Å². The number of hydrogen-bond acceptors (Lipinski definition) is 11. The Morgan fingerprint density at radius 1 is 1.17 bits per heavy atom. The van der Waals surface area contributed by atoms with Gasteiger partial charge in [0.15, 0.2) is 0 Å². The summed E-state index contributed by atoms with van der Waals surface area (Å²) in [7, 11) is 8.04. The van der Waals surface area contributed by atoms with Crippen LogP contribution >= 0.6 is 11.6 Å². The Labute approximate surface area is 324 Å². The first kappa shape index (κ1) is 43.2. The minimum absolute atomic E-state index is 0.0631. The molecule has 0 saturated carbocycles. The summed E-state index contributed by atoms with van der Waals surface area (Å²) in [5.74, 6) is -2.04. The molecule has 4 rings (SSSR count). The van der Waals surface area contributed by atoms with Gasteiger partial charge in [-0.05, 0) is 65.8 Å². The van der Waals surface area contributed by atoms with E-state index in [2.05, 4.69) is 0 Å². The standard InChI is InChI=1S/C40H58ClN3O10/c1-23(2)42(7)16-15-33(45)43(8)26(5)38(48)53-32-20-34(46)44(9)28-18-27(19-29(50-10)36(28)41)17-24(3)13-12-14-31(51-11)40(49)21-30(52-35(47)22-40)25(4)37-39(32,6)54-37/h12-14,18-19,23,25-26,30-32,37,49H,15-17,20-22H2,1-11H3/b14-12+,24-13+/t25-,26+,30+,31-,32-,37+,39+,40-/m1/s1. The Bertz CT molecular complexity index is 1630. The highest BCUT2D eigenvalue weighted by molar-refractivity contribution is 6.35. The number of amides is 2. The fourth-order valence-electron chi connectivity index (χ4n) is 7.18. The highest BCUT2D eigenvalue weighted by Crippen LogP contribution is 2.50. The van der Waals surface area contributed by atoms with E-state index < -0.39 is 65.4 Å². The molecule has 4 bridgehead atoms. The number of epoxide rings is 1. The number of likely N-dealkylation sites (N-methyl/N-ethyl adjacent to an activating group) is 1. The van der Waals surface area contributed by atoms with Crippen LogP contribution in [0.25, 0.3) is 0 Å². The molecule has 1 N–H and O–H groups in total. The second-order valence-corrected chi connectivity index (χ2v) is 15.9. The first-order valence-corrected chi connectivity index (χ1v) is 18.9. The molecule has 0 aliphatic carbocycles. The van der Waals surface area contributed by atoms with Crippen molar-refractivity contribution in [3.05, 3.63) is 46.5 Å². The van der Waals surface area contributed by atoms with Gasteiger partial charge in [-0.15, -0.1) is 0 Å². The summed E-state index contributed by atoms with van der Waals surface area (Å²) >= 11 is 6.78. The van der Waals surface area contributed by atoms with Crippen molar-refractivity contribution in [3.63, 3.8) is 0 Å². The summed E-state index contributed by atoms with van der Waals surface area (Å²) in [5.41, 5.74) is -0.590. The van der Waals surface area contributed by atoms with Crippen LogP contribution in [0.15, 0.2) is 35.9 Å². The van der Waals surface area contributed by atoms with Gasteiger partial charge >= 0.3 is 11.9 Å². The molecule has 2 amide bonds. The molecule has 8 atom stereocenters. The topological polar surface area (TPSA) is 148 Å². The molecule has 0 radical (unpaired) electrons. The fourth-order valence-corrected chi connectivity index (χ4v) is 7.49. The normalized spacial score (nSPS) is 31.2. The summed E-state index contributed by atoms with van der Waals surface area (Å²) in [6, 6.07) is 2.90. The number of esters is 2. The average molecular weight is 776 g/mol. The lowest BCUT2D eigenvalue weighted by Crippen LogP contribution is -2.53. The van der Waals surface area contributed by atoms with Crippen LogP contribution < -0.4 is 9.64 Å². The zero-order valence-electron chi connectivity index (χ0n) is 33.5. The van der Waals surface area contributed by atoms with Crippen LogP contribution in [0, 0.1) is 5.92 Å². The lowest BCUT2D eigenvalue weighted by molar-refractivity contribution is -0.187. The van der Waals surface area contributed by atoms with Crippen LogP contribution in [0.3, 0.4) is 0 Å². The van der Waals surface area contributed by atoms with Crippen molar-refractivity contribution < 1.29 is 48.0 Å². The number of hydrogen-bond donors (Lipinski definition) is 1. The minimum atomic E-state index is -1.57. The summed E-state index contributed by atoms with van der Waals surface area (Å²) in [4.78, 5) is 58.9. The maximum atomic E-state index is 14.2. The molecule has 13 nitrogen and oxygen atoms in total. The number of benzene rings is 1. The van der Waals surface area contributed by atoms with Gasteiger partial charge < -0.3 is 43.5 Å². The molecule has 0 unspecified atom stereocenters. The van der Waals surface area contributed by atoms with E-state index in [9.17, 15) is 24.3 Å². The third-order valence-corrected chi connectivity index (χ3v) is 11.7. The van der Waals surface area contributed by atoms with E-state index in [1.807, 2.05) is 51.8 Å². The molecule has 0 spiro atoms. The lowest BCUT2D eigenvalue weighted by atomic mass is 9.78.